The highest BCUT2D eigenvalue weighted by atomic mass is 79.9. The van der Waals surface area contributed by atoms with Crippen LogP contribution in [0.3, 0.4) is 0 Å². The Bertz CT molecular complexity index is 716. The van der Waals surface area contributed by atoms with Gasteiger partial charge in [0.2, 0.25) is 0 Å². The molecule has 0 aliphatic rings. The number of fused-ring (bicyclic) bond motifs is 1. The van der Waals surface area contributed by atoms with Crippen molar-refractivity contribution in [2.24, 2.45) is 0 Å². The predicted octanol–water partition coefficient (Wildman–Crippen LogP) is 4.41. The van der Waals surface area contributed by atoms with Gasteiger partial charge in [-0.3, -0.25) is 4.79 Å². The number of H-pyrrole nitrogens is 1. The van der Waals surface area contributed by atoms with E-state index in [0.717, 1.165) is 32.9 Å². The fraction of sp³-hybridized carbons (Fsp3) is 0. The van der Waals surface area contributed by atoms with Gasteiger partial charge in [-0.25, -0.2) is 0 Å². The molecule has 2 aromatic carbocycles. The quantitative estimate of drug-likeness (QED) is 0.699. The molecule has 0 bridgehead atoms. The molecule has 0 atom stereocenters. The lowest BCUT2D eigenvalue weighted by Gasteiger charge is -1.98. The van der Waals surface area contributed by atoms with Crippen molar-refractivity contribution in [1.29, 1.82) is 0 Å². The third-order valence-electron chi connectivity index (χ3n) is 2.98. The highest BCUT2D eigenvalue weighted by molar-refractivity contribution is 9.10. The van der Waals surface area contributed by atoms with Crippen molar-refractivity contribution in [3.8, 4) is 11.3 Å². The van der Waals surface area contributed by atoms with E-state index in [9.17, 15) is 4.79 Å². The van der Waals surface area contributed by atoms with Gasteiger partial charge in [-0.1, -0.05) is 46.3 Å². The molecule has 3 aromatic rings. The average molecular weight is 300 g/mol. The summed E-state index contributed by atoms with van der Waals surface area (Å²) in [5, 5.41) is 0.943. The van der Waals surface area contributed by atoms with E-state index in [1.54, 1.807) is 0 Å². The number of hydrogen-bond donors (Lipinski definition) is 1. The van der Waals surface area contributed by atoms with Crippen molar-refractivity contribution in [1.82, 2.24) is 4.98 Å². The SMILES string of the molecule is O=Cc1c(-c2ccccc2)[nH]c2ccc(Br)cc12. The van der Waals surface area contributed by atoms with Crippen LogP contribution in [0.1, 0.15) is 10.4 Å². The van der Waals surface area contributed by atoms with Crippen molar-refractivity contribution in [3.63, 3.8) is 0 Å². The Morgan fingerprint density at radius 1 is 1.06 bits per heavy atom. The predicted molar refractivity (Wildman–Crippen MR) is 76.8 cm³/mol. The summed E-state index contributed by atoms with van der Waals surface area (Å²) in [4.78, 5) is 14.7. The molecular formula is C15H10BrNO. The van der Waals surface area contributed by atoms with Gasteiger partial charge < -0.3 is 4.98 Å². The van der Waals surface area contributed by atoms with E-state index in [-0.39, 0.29) is 0 Å². The molecule has 2 nitrogen and oxygen atoms in total. The van der Waals surface area contributed by atoms with Crippen LogP contribution in [0.4, 0.5) is 0 Å². The monoisotopic (exact) mass is 299 g/mol. The summed E-state index contributed by atoms with van der Waals surface area (Å²) in [5.74, 6) is 0. The number of benzene rings is 2. The molecule has 0 fully saturated rings. The van der Waals surface area contributed by atoms with Gasteiger partial charge in [0.15, 0.2) is 6.29 Å². The molecule has 3 heteroatoms. The number of aromatic nitrogens is 1. The van der Waals surface area contributed by atoms with Crippen LogP contribution in [0, 0.1) is 0 Å². The first kappa shape index (κ1) is 11.2. The number of carbonyl (C=O) groups excluding carboxylic acids is 1. The van der Waals surface area contributed by atoms with Gasteiger partial charge in [-0.2, -0.15) is 0 Å². The second-order valence-corrected chi connectivity index (χ2v) is 5.00. The fourth-order valence-corrected chi connectivity index (χ4v) is 2.50. The molecule has 0 saturated heterocycles. The number of rotatable bonds is 2. The maximum atomic E-state index is 11.4. The minimum atomic E-state index is 0.706. The van der Waals surface area contributed by atoms with Crippen LogP contribution < -0.4 is 0 Å². The lowest BCUT2D eigenvalue weighted by atomic mass is 10.1. The molecule has 18 heavy (non-hydrogen) atoms. The summed E-state index contributed by atoms with van der Waals surface area (Å²) < 4.78 is 0.969. The Labute approximate surface area is 113 Å². The number of aromatic amines is 1. The van der Waals surface area contributed by atoms with Crippen LogP contribution in [-0.4, -0.2) is 11.3 Å². The number of aldehydes is 1. The average Bonchev–Trinajstić information content (AvgIpc) is 2.77. The summed E-state index contributed by atoms with van der Waals surface area (Å²) in [6.07, 6.45) is 0.910. The lowest BCUT2D eigenvalue weighted by Crippen LogP contribution is -1.83. The Balaban J connectivity index is 2.33. The molecule has 0 radical (unpaired) electrons. The molecule has 1 heterocycles. The standard InChI is InChI=1S/C15H10BrNO/c16-11-6-7-14-12(8-11)13(9-18)15(17-14)10-4-2-1-3-5-10/h1-9,17H. The van der Waals surface area contributed by atoms with Gasteiger partial charge in [0, 0.05) is 20.9 Å². The third-order valence-corrected chi connectivity index (χ3v) is 3.47. The lowest BCUT2D eigenvalue weighted by molar-refractivity contribution is 0.112. The first-order chi connectivity index (χ1) is 8.79. The zero-order chi connectivity index (χ0) is 12.5. The highest BCUT2D eigenvalue weighted by Crippen LogP contribution is 2.30. The van der Waals surface area contributed by atoms with Gasteiger partial charge in [0.25, 0.3) is 0 Å². The Morgan fingerprint density at radius 2 is 1.83 bits per heavy atom. The number of nitrogens with one attached hydrogen (secondary N) is 1. The topological polar surface area (TPSA) is 32.9 Å². The third kappa shape index (κ3) is 1.77. The molecule has 0 aliphatic carbocycles. The molecular weight excluding hydrogens is 290 g/mol. The maximum absolute atomic E-state index is 11.4. The van der Waals surface area contributed by atoms with Gasteiger partial charge >= 0.3 is 0 Å². The van der Waals surface area contributed by atoms with Gasteiger partial charge in [-0.15, -0.1) is 0 Å². The number of halogens is 1. The van der Waals surface area contributed by atoms with Gasteiger partial charge in [-0.05, 0) is 23.8 Å². The zero-order valence-corrected chi connectivity index (χ0v) is 11.1. The minimum absolute atomic E-state index is 0.706. The van der Waals surface area contributed by atoms with Crippen LogP contribution in [0.5, 0.6) is 0 Å². The van der Waals surface area contributed by atoms with Crippen molar-refractivity contribution in [2.45, 2.75) is 0 Å². The summed E-state index contributed by atoms with van der Waals surface area (Å²) in [7, 11) is 0. The minimum Gasteiger partial charge on any atom is -0.354 e. The summed E-state index contributed by atoms with van der Waals surface area (Å²) >= 11 is 3.43. The van der Waals surface area contributed by atoms with E-state index in [1.807, 2.05) is 48.5 Å². The molecule has 0 amide bonds. The molecule has 1 aromatic heterocycles. The fourth-order valence-electron chi connectivity index (χ4n) is 2.14. The van der Waals surface area contributed by atoms with Crippen LogP contribution >= 0.6 is 15.9 Å². The first-order valence-electron chi connectivity index (χ1n) is 5.61. The highest BCUT2D eigenvalue weighted by Gasteiger charge is 2.12. The zero-order valence-electron chi connectivity index (χ0n) is 9.48. The molecule has 0 spiro atoms. The van der Waals surface area contributed by atoms with Gasteiger partial charge in [0.05, 0.1) is 5.69 Å². The maximum Gasteiger partial charge on any atom is 0.152 e. The van der Waals surface area contributed by atoms with Crippen molar-refractivity contribution >= 4 is 33.1 Å². The summed E-state index contributed by atoms with van der Waals surface area (Å²) in [6.45, 7) is 0. The van der Waals surface area contributed by atoms with Crippen LogP contribution in [0.2, 0.25) is 0 Å². The Hall–Kier alpha value is -1.87. The second-order valence-electron chi connectivity index (χ2n) is 4.09. The Kier molecular flexibility index (Phi) is 2.76. The van der Waals surface area contributed by atoms with E-state index in [0.29, 0.717) is 5.56 Å². The molecule has 0 unspecified atom stereocenters. The second kappa shape index (κ2) is 4.42. The number of carbonyl (C=O) groups is 1. The molecule has 0 saturated carbocycles. The van der Waals surface area contributed by atoms with Crippen molar-refractivity contribution in [3.05, 3.63) is 58.6 Å². The van der Waals surface area contributed by atoms with E-state index in [4.69, 9.17) is 0 Å². The van der Waals surface area contributed by atoms with E-state index in [1.165, 1.54) is 0 Å². The normalized spacial score (nSPS) is 10.7. The summed E-state index contributed by atoms with van der Waals surface area (Å²) in [6, 6.07) is 15.8. The van der Waals surface area contributed by atoms with Crippen LogP contribution in [-0.2, 0) is 0 Å². The van der Waals surface area contributed by atoms with Gasteiger partial charge in [0.1, 0.15) is 0 Å². The molecule has 88 valence electrons. The molecule has 0 aliphatic heterocycles. The van der Waals surface area contributed by atoms with E-state index in [2.05, 4.69) is 20.9 Å². The van der Waals surface area contributed by atoms with Crippen LogP contribution in [0.15, 0.2) is 53.0 Å². The first-order valence-corrected chi connectivity index (χ1v) is 6.41. The Morgan fingerprint density at radius 3 is 2.56 bits per heavy atom. The van der Waals surface area contributed by atoms with Crippen molar-refractivity contribution in [2.75, 3.05) is 0 Å². The smallest absolute Gasteiger partial charge is 0.152 e. The van der Waals surface area contributed by atoms with E-state index >= 15 is 0 Å². The molecule has 3 rings (SSSR count). The van der Waals surface area contributed by atoms with Crippen LogP contribution in [0.25, 0.3) is 22.2 Å². The summed E-state index contributed by atoms with van der Waals surface area (Å²) in [5.41, 5.74) is 3.57. The van der Waals surface area contributed by atoms with Crippen molar-refractivity contribution < 1.29 is 4.79 Å². The largest absolute Gasteiger partial charge is 0.354 e. The number of hydrogen-bond acceptors (Lipinski definition) is 1. The van der Waals surface area contributed by atoms with E-state index < -0.39 is 0 Å². The molecule has 1 N–H and O–H groups in total.